The molecule has 2 nitrogen and oxygen atoms in total. The summed E-state index contributed by atoms with van der Waals surface area (Å²) in [5.41, 5.74) is 2.44. The highest BCUT2D eigenvalue weighted by molar-refractivity contribution is 9.10. The molecule has 21 heavy (non-hydrogen) atoms. The summed E-state index contributed by atoms with van der Waals surface area (Å²) in [6.07, 6.45) is 0. The van der Waals surface area contributed by atoms with Gasteiger partial charge in [0.25, 0.3) is 5.91 Å². The Labute approximate surface area is 142 Å². The Bertz CT molecular complexity index is 688. The molecule has 0 atom stereocenters. The van der Waals surface area contributed by atoms with Crippen LogP contribution in [-0.2, 0) is 6.54 Å². The SMILES string of the molecule is Cc1ccc(Br)cc1C(=O)N(C)Cc1cccc(Cl)c1Cl. The van der Waals surface area contributed by atoms with Crippen LogP contribution in [0.3, 0.4) is 0 Å². The topological polar surface area (TPSA) is 20.3 Å². The van der Waals surface area contributed by atoms with Crippen LogP contribution in [0.15, 0.2) is 40.9 Å². The molecule has 5 heteroatoms. The van der Waals surface area contributed by atoms with Gasteiger partial charge in [-0.05, 0) is 36.2 Å². The van der Waals surface area contributed by atoms with Crippen molar-refractivity contribution in [3.05, 3.63) is 67.6 Å². The van der Waals surface area contributed by atoms with Crippen LogP contribution in [0, 0.1) is 6.92 Å². The third-order valence-corrected chi connectivity index (χ3v) is 4.57. The van der Waals surface area contributed by atoms with Crippen molar-refractivity contribution < 1.29 is 4.79 Å². The molecule has 0 fully saturated rings. The number of hydrogen-bond acceptors (Lipinski definition) is 1. The summed E-state index contributed by atoms with van der Waals surface area (Å²) in [5, 5.41) is 0.985. The fourth-order valence-electron chi connectivity index (χ4n) is 2.03. The molecule has 0 N–H and O–H groups in total. The zero-order chi connectivity index (χ0) is 15.6. The van der Waals surface area contributed by atoms with Crippen molar-refractivity contribution in [2.45, 2.75) is 13.5 Å². The number of hydrogen-bond donors (Lipinski definition) is 0. The quantitative estimate of drug-likeness (QED) is 0.697. The Kier molecular flexibility index (Phi) is 5.31. The molecule has 0 radical (unpaired) electrons. The minimum absolute atomic E-state index is 0.0511. The molecule has 0 saturated carbocycles. The van der Waals surface area contributed by atoms with Gasteiger partial charge in [0.2, 0.25) is 0 Å². The Morgan fingerprint density at radius 2 is 1.95 bits per heavy atom. The highest BCUT2D eigenvalue weighted by Crippen LogP contribution is 2.27. The molecule has 2 aromatic carbocycles. The number of carbonyl (C=O) groups is 1. The van der Waals surface area contributed by atoms with Gasteiger partial charge in [0.1, 0.15) is 0 Å². The maximum Gasteiger partial charge on any atom is 0.254 e. The van der Waals surface area contributed by atoms with Gasteiger partial charge in [0, 0.05) is 23.6 Å². The van der Waals surface area contributed by atoms with Crippen LogP contribution in [0.1, 0.15) is 21.5 Å². The summed E-state index contributed by atoms with van der Waals surface area (Å²) < 4.78 is 0.880. The lowest BCUT2D eigenvalue weighted by atomic mass is 10.1. The van der Waals surface area contributed by atoms with Crippen LogP contribution in [-0.4, -0.2) is 17.9 Å². The average Bonchev–Trinajstić information content (AvgIpc) is 2.45. The molecule has 0 saturated heterocycles. The van der Waals surface area contributed by atoms with E-state index in [1.165, 1.54) is 0 Å². The zero-order valence-corrected chi connectivity index (χ0v) is 14.8. The number of benzene rings is 2. The fourth-order valence-corrected chi connectivity index (χ4v) is 2.77. The first-order valence-corrected chi connectivity index (χ1v) is 7.89. The summed E-state index contributed by atoms with van der Waals surface area (Å²) >= 11 is 15.6. The van der Waals surface area contributed by atoms with Gasteiger partial charge in [-0.15, -0.1) is 0 Å². The van der Waals surface area contributed by atoms with E-state index in [-0.39, 0.29) is 5.91 Å². The highest BCUT2D eigenvalue weighted by atomic mass is 79.9. The van der Waals surface area contributed by atoms with Crippen LogP contribution in [0.4, 0.5) is 0 Å². The number of amides is 1. The molecule has 1 amide bonds. The van der Waals surface area contributed by atoms with Crippen LogP contribution >= 0.6 is 39.1 Å². The Morgan fingerprint density at radius 1 is 1.24 bits per heavy atom. The van der Waals surface area contributed by atoms with Crippen molar-refractivity contribution in [2.75, 3.05) is 7.05 Å². The molecule has 110 valence electrons. The van der Waals surface area contributed by atoms with Crippen LogP contribution < -0.4 is 0 Å². The molecule has 0 spiro atoms. The standard InChI is InChI=1S/C16H14BrCl2NO/c1-10-6-7-12(17)8-13(10)16(21)20(2)9-11-4-3-5-14(18)15(11)19/h3-8H,9H2,1-2H3. The van der Waals surface area contributed by atoms with Gasteiger partial charge in [-0.1, -0.05) is 57.3 Å². The Morgan fingerprint density at radius 3 is 2.67 bits per heavy atom. The van der Waals surface area contributed by atoms with Crippen molar-refractivity contribution in [1.82, 2.24) is 4.90 Å². The summed E-state index contributed by atoms with van der Waals surface area (Å²) in [6, 6.07) is 11.1. The van der Waals surface area contributed by atoms with Crippen molar-refractivity contribution in [3.8, 4) is 0 Å². The first-order chi connectivity index (χ1) is 9.90. The van der Waals surface area contributed by atoms with Crippen LogP contribution in [0.2, 0.25) is 10.0 Å². The largest absolute Gasteiger partial charge is 0.337 e. The van der Waals surface area contributed by atoms with Gasteiger partial charge in [0.05, 0.1) is 10.0 Å². The number of halogens is 3. The first kappa shape index (κ1) is 16.3. The molecule has 0 aliphatic heterocycles. The first-order valence-electron chi connectivity index (χ1n) is 6.34. The monoisotopic (exact) mass is 385 g/mol. The van der Waals surface area contributed by atoms with E-state index < -0.39 is 0 Å². The maximum atomic E-state index is 12.5. The predicted molar refractivity (Wildman–Crippen MR) is 91.1 cm³/mol. The molecule has 0 aliphatic carbocycles. The normalized spacial score (nSPS) is 10.5. The van der Waals surface area contributed by atoms with E-state index in [1.807, 2.05) is 37.3 Å². The van der Waals surface area contributed by atoms with Gasteiger partial charge in [0.15, 0.2) is 0 Å². The fraction of sp³-hybridized carbons (Fsp3) is 0.188. The van der Waals surface area contributed by atoms with Gasteiger partial charge in [-0.25, -0.2) is 0 Å². The van der Waals surface area contributed by atoms with Crippen molar-refractivity contribution >= 4 is 45.0 Å². The van der Waals surface area contributed by atoms with Gasteiger partial charge in [-0.3, -0.25) is 4.79 Å². The van der Waals surface area contributed by atoms with E-state index in [0.29, 0.717) is 22.2 Å². The molecule has 2 aromatic rings. The van der Waals surface area contributed by atoms with E-state index in [0.717, 1.165) is 15.6 Å². The predicted octanol–water partition coefficient (Wildman–Crippen LogP) is 5.34. The molecule has 0 aliphatic rings. The number of carbonyl (C=O) groups excluding carboxylic acids is 1. The molecule has 2 rings (SSSR count). The number of aryl methyl sites for hydroxylation is 1. The average molecular weight is 387 g/mol. The molecule has 0 unspecified atom stereocenters. The number of rotatable bonds is 3. The lowest BCUT2D eigenvalue weighted by molar-refractivity contribution is 0.0784. The molecule has 0 bridgehead atoms. The summed E-state index contributed by atoms with van der Waals surface area (Å²) in [4.78, 5) is 14.2. The van der Waals surface area contributed by atoms with Gasteiger partial charge < -0.3 is 4.90 Å². The summed E-state index contributed by atoms with van der Waals surface area (Å²) in [6.45, 7) is 2.32. The minimum Gasteiger partial charge on any atom is -0.337 e. The van der Waals surface area contributed by atoms with Crippen molar-refractivity contribution in [1.29, 1.82) is 0 Å². The van der Waals surface area contributed by atoms with Crippen molar-refractivity contribution in [3.63, 3.8) is 0 Å². The van der Waals surface area contributed by atoms with Gasteiger partial charge >= 0.3 is 0 Å². The Hall–Kier alpha value is -1.03. The van der Waals surface area contributed by atoms with E-state index in [2.05, 4.69) is 15.9 Å². The lowest BCUT2D eigenvalue weighted by Gasteiger charge is -2.19. The highest BCUT2D eigenvalue weighted by Gasteiger charge is 2.16. The van der Waals surface area contributed by atoms with Crippen molar-refractivity contribution in [2.24, 2.45) is 0 Å². The lowest BCUT2D eigenvalue weighted by Crippen LogP contribution is -2.27. The van der Waals surface area contributed by atoms with Gasteiger partial charge in [-0.2, -0.15) is 0 Å². The second-order valence-electron chi connectivity index (χ2n) is 4.83. The minimum atomic E-state index is -0.0511. The van der Waals surface area contributed by atoms with E-state index in [4.69, 9.17) is 23.2 Å². The number of nitrogens with zero attached hydrogens (tertiary/aromatic N) is 1. The smallest absolute Gasteiger partial charge is 0.254 e. The maximum absolute atomic E-state index is 12.5. The summed E-state index contributed by atoms with van der Waals surface area (Å²) in [7, 11) is 1.75. The van der Waals surface area contributed by atoms with E-state index in [9.17, 15) is 4.79 Å². The van der Waals surface area contributed by atoms with E-state index in [1.54, 1.807) is 18.0 Å². The third-order valence-electron chi connectivity index (χ3n) is 3.22. The Balaban J connectivity index is 2.24. The molecular formula is C16H14BrCl2NO. The van der Waals surface area contributed by atoms with E-state index >= 15 is 0 Å². The second kappa shape index (κ2) is 6.82. The van der Waals surface area contributed by atoms with Crippen LogP contribution in [0.25, 0.3) is 0 Å². The molecule has 0 aromatic heterocycles. The third kappa shape index (κ3) is 3.79. The van der Waals surface area contributed by atoms with Crippen LogP contribution in [0.5, 0.6) is 0 Å². The zero-order valence-electron chi connectivity index (χ0n) is 11.7. The second-order valence-corrected chi connectivity index (χ2v) is 6.53. The molecular weight excluding hydrogens is 373 g/mol. The molecule has 0 heterocycles. The summed E-state index contributed by atoms with van der Waals surface area (Å²) in [5.74, 6) is -0.0511.